The summed E-state index contributed by atoms with van der Waals surface area (Å²) in [5.74, 6) is -0.701. The van der Waals surface area contributed by atoms with Gasteiger partial charge < -0.3 is 19.7 Å². The summed E-state index contributed by atoms with van der Waals surface area (Å²) < 4.78 is 9.78. The van der Waals surface area contributed by atoms with Crippen molar-refractivity contribution in [2.24, 2.45) is 5.92 Å². The molecule has 0 radical (unpaired) electrons. The van der Waals surface area contributed by atoms with Gasteiger partial charge in [-0.25, -0.2) is 9.59 Å². The molecule has 2 unspecified atom stereocenters. The lowest BCUT2D eigenvalue weighted by atomic mass is 9.97. The Morgan fingerprint density at radius 3 is 2.22 bits per heavy atom. The van der Waals surface area contributed by atoms with Gasteiger partial charge in [-0.2, -0.15) is 0 Å². The van der Waals surface area contributed by atoms with Crippen LogP contribution in [0.25, 0.3) is 0 Å². The third kappa shape index (κ3) is 17.5. The first-order valence-electron chi connectivity index (χ1n) is 9.74. The fourth-order valence-electron chi connectivity index (χ4n) is 2.14. The SMILES string of the molecule is C=C(C)C(=O)OCCCCCCO.C=CC(=O)OCC(CC)C(O)CCC. The number of carbonyl (C=O) groups is 2. The van der Waals surface area contributed by atoms with E-state index in [9.17, 15) is 14.7 Å². The molecule has 6 heteroatoms. The Morgan fingerprint density at radius 2 is 1.74 bits per heavy atom. The fourth-order valence-corrected chi connectivity index (χ4v) is 2.14. The van der Waals surface area contributed by atoms with Crippen molar-refractivity contribution in [2.75, 3.05) is 19.8 Å². The summed E-state index contributed by atoms with van der Waals surface area (Å²) >= 11 is 0. The van der Waals surface area contributed by atoms with Crippen LogP contribution in [0, 0.1) is 5.92 Å². The van der Waals surface area contributed by atoms with Gasteiger partial charge in [0.15, 0.2) is 0 Å². The van der Waals surface area contributed by atoms with Gasteiger partial charge in [-0.1, -0.05) is 39.8 Å². The number of ether oxygens (including phenoxy) is 2. The van der Waals surface area contributed by atoms with Gasteiger partial charge in [0, 0.05) is 24.2 Å². The molecule has 158 valence electrons. The number of carbonyl (C=O) groups excluding carboxylic acids is 2. The Kier molecular flexibility index (Phi) is 19.5. The van der Waals surface area contributed by atoms with Gasteiger partial charge in [-0.15, -0.1) is 0 Å². The van der Waals surface area contributed by atoms with Crippen LogP contribution >= 0.6 is 0 Å². The number of aliphatic hydroxyl groups excluding tert-OH is 2. The first-order chi connectivity index (χ1) is 12.8. The Bertz CT molecular complexity index is 419. The Labute approximate surface area is 164 Å². The van der Waals surface area contributed by atoms with Crippen molar-refractivity contribution >= 4 is 11.9 Å². The van der Waals surface area contributed by atoms with E-state index in [-0.39, 0.29) is 31.2 Å². The minimum Gasteiger partial charge on any atom is -0.462 e. The maximum Gasteiger partial charge on any atom is 0.333 e. The number of hydrogen-bond donors (Lipinski definition) is 2. The second-order valence-electron chi connectivity index (χ2n) is 6.41. The highest BCUT2D eigenvalue weighted by Crippen LogP contribution is 2.14. The summed E-state index contributed by atoms with van der Waals surface area (Å²) in [7, 11) is 0. The number of unbranched alkanes of at least 4 members (excludes halogenated alkanes) is 3. The standard InChI is InChI=1S/C11H20O3.C10H18O3/c1-4-7-10(12)9(5-2)8-14-11(13)6-3;1-9(2)10(12)13-8-6-4-3-5-7-11/h6,9-10,12H,3-5,7-8H2,1-2H3;11H,1,3-8H2,2H3. The molecule has 27 heavy (non-hydrogen) atoms. The molecule has 0 aromatic rings. The molecule has 0 spiro atoms. The molecule has 0 fully saturated rings. The maximum absolute atomic E-state index is 10.9. The van der Waals surface area contributed by atoms with E-state index in [1.54, 1.807) is 6.92 Å². The van der Waals surface area contributed by atoms with Crippen molar-refractivity contribution < 1.29 is 29.3 Å². The lowest BCUT2D eigenvalue weighted by molar-refractivity contribution is -0.140. The third-order valence-corrected chi connectivity index (χ3v) is 3.89. The van der Waals surface area contributed by atoms with Gasteiger partial charge in [0.05, 0.1) is 19.3 Å². The highest BCUT2D eigenvalue weighted by atomic mass is 16.5. The summed E-state index contributed by atoms with van der Waals surface area (Å²) in [6.45, 7) is 13.4. The molecule has 0 aliphatic heterocycles. The van der Waals surface area contributed by atoms with Crippen molar-refractivity contribution in [3.8, 4) is 0 Å². The van der Waals surface area contributed by atoms with Crippen molar-refractivity contribution in [1.29, 1.82) is 0 Å². The molecule has 2 atom stereocenters. The minimum absolute atomic E-state index is 0.0406. The summed E-state index contributed by atoms with van der Waals surface area (Å²) in [5, 5.41) is 18.2. The molecular formula is C21H38O6. The van der Waals surface area contributed by atoms with Crippen LogP contribution in [0.4, 0.5) is 0 Å². The minimum atomic E-state index is -0.424. The van der Waals surface area contributed by atoms with Crippen LogP contribution in [-0.4, -0.2) is 48.1 Å². The summed E-state index contributed by atoms with van der Waals surface area (Å²) in [5.41, 5.74) is 0.440. The number of aliphatic hydroxyl groups is 2. The molecule has 0 aromatic heterocycles. The van der Waals surface area contributed by atoms with Crippen molar-refractivity contribution in [3.05, 3.63) is 24.8 Å². The molecule has 0 aliphatic rings. The first kappa shape index (κ1) is 27.6. The zero-order valence-corrected chi connectivity index (χ0v) is 17.2. The van der Waals surface area contributed by atoms with Gasteiger partial charge in [0.2, 0.25) is 0 Å². The van der Waals surface area contributed by atoms with E-state index in [0.29, 0.717) is 12.2 Å². The van der Waals surface area contributed by atoms with Crippen LogP contribution in [0.3, 0.4) is 0 Å². The molecule has 0 rings (SSSR count). The van der Waals surface area contributed by atoms with E-state index in [1.165, 1.54) is 0 Å². The van der Waals surface area contributed by atoms with Crippen LogP contribution in [0.1, 0.15) is 65.7 Å². The van der Waals surface area contributed by atoms with Crippen molar-refractivity contribution in [2.45, 2.75) is 71.8 Å². The number of hydrogen-bond acceptors (Lipinski definition) is 6. The maximum atomic E-state index is 10.9. The summed E-state index contributed by atoms with van der Waals surface area (Å²) in [6.07, 6.45) is 6.93. The molecule has 0 saturated carbocycles. The third-order valence-electron chi connectivity index (χ3n) is 3.89. The topological polar surface area (TPSA) is 93.1 Å². The lowest BCUT2D eigenvalue weighted by Gasteiger charge is -2.20. The predicted molar refractivity (Wildman–Crippen MR) is 107 cm³/mol. The van der Waals surface area contributed by atoms with E-state index < -0.39 is 5.97 Å². The van der Waals surface area contributed by atoms with E-state index in [1.807, 2.05) is 13.8 Å². The smallest absolute Gasteiger partial charge is 0.333 e. The Hall–Kier alpha value is -1.66. The Balaban J connectivity index is 0. The van der Waals surface area contributed by atoms with Crippen LogP contribution in [0.2, 0.25) is 0 Å². The van der Waals surface area contributed by atoms with Gasteiger partial charge >= 0.3 is 11.9 Å². The first-order valence-corrected chi connectivity index (χ1v) is 9.74. The van der Waals surface area contributed by atoms with Crippen LogP contribution in [0.5, 0.6) is 0 Å². The molecule has 0 amide bonds. The monoisotopic (exact) mass is 386 g/mol. The summed E-state index contributed by atoms with van der Waals surface area (Å²) in [6, 6.07) is 0. The number of esters is 2. The van der Waals surface area contributed by atoms with E-state index in [0.717, 1.165) is 51.0 Å². The van der Waals surface area contributed by atoms with E-state index >= 15 is 0 Å². The molecular weight excluding hydrogens is 348 g/mol. The molecule has 0 aliphatic carbocycles. The molecule has 6 nitrogen and oxygen atoms in total. The normalized spacial score (nSPS) is 12.2. The average Bonchev–Trinajstić information content (AvgIpc) is 2.65. The van der Waals surface area contributed by atoms with Crippen LogP contribution in [0.15, 0.2) is 24.8 Å². The molecule has 0 aromatic carbocycles. The highest BCUT2D eigenvalue weighted by molar-refractivity contribution is 5.86. The average molecular weight is 387 g/mol. The molecule has 0 bridgehead atoms. The van der Waals surface area contributed by atoms with E-state index in [4.69, 9.17) is 14.6 Å². The predicted octanol–water partition coefficient (Wildman–Crippen LogP) is 3.56. The quantitative estimate of drug-likeness (QED) is 0.269. The van der Waals surface area contributed by atoms with Crippen LogP contribution < -0.4 is 0 Å². The zero-order chi connectivity index (χ0) is 21.1. The molecule has 0 heterocycles. The summed E-state index contributed by atoms with van der Waals surface area (Å²) in [4.78, 5) is 21.7. The highest BCUT2D eigenvalue weighted by Gasteiger charge is 2.17. The fraction of sp³-hybridized carbons (Fsp3) is 0.714. The molecule has 0 saturated heterocycles. The zero-order valence-electron chi connectivity index (χ0n) is 17.2. The van der Waals surface area contributed by atoms with Crippen molar-refractivity contribution in [1.82, 2.24) is 0 Å². The lowest BCUT2D eigenvalue weighted by Crippen LogP contribution is -2.25. The molecule has 2 N–H and O–H groups in total. The van der Waals surface area contributed by atoms with Gasteiger partial charge in [-0.3, -0.25) is 0 Å². The van der Waals surface area contributed by atoms with Gasteiger partial charge in [-0.05, 0) is 39.0 Å². The van der Waals surface area contributed by atoms with E-state index in [2.05, 4.69) is 13.2 Å². The second kappa shape index (κ2) is 19.1. The van der Waals surface area contributed by atoms with Gasteiger partial charge in [0.1, 0.15) is 0 Å². The van der Waals surface area contributed by atoms with Crippen molar-refractivity contribution in [3.63, 3.8) is 0 Å². The Morgan fingerprint density at radius 1 is 1.11 bits per heavy atom. The largest absolute Gasteiger partial charge is 0.462 e. The van der Waals surface area contributed by atoms with Crippen LogP contribution in [-0.2, 0) is 19.1 Å². The van der Waals surface area contributed by atoms with Gasteiger partial charge in [0.25, 0.3) is 0 Å². The number of rotatable bonds is 14. The second-order valence-corrected chi connectivity index (χ2v) is 6.41.